The molecule has 3 aromatic heterocycles. The number of nitrogens with one attached hydrogen (secondary N) is 1. The Hall–Kier alpha value is -4.06. The summed E-state index contributed by atoms with van der Waals surface area (Å²) in [6, 6.07) is 7.97. The maximum atomic E-state index is 14.0. The number of amides is 1. The second-order valence-electron chi connectivity index (χ2n) is 8.20. The summed E-state index contributed by atoms with van der Waals surface area (Å²) in [6.07, 6.45) is -0.755. The number of pyridine rings is 1. The quantitative estimate of drug-likeness (QED) is 0.177. The molecule has 0 aliphatic heterocycles. The van der Waals surface area contributed by atoms with Crippen LogP contribution in [-0.4, -0.2) is 31.6 Å². The van der Waals surface area contributed by atoms with Gasteiger partial charge in [0.05, 0.1) is 28.0 Å². The van der Waals surface area contributed by atoms with Gasteiger partial charge in [-0.05, 0) is 42.8 Å². The largest absolute Gasteiger partial charge is 0.416 e. The molecule has 1 N–H and O–H groups in total. The third-order valence-electron chi connectivity index (χ3n) is 5.45. The van der Waals surface area contributed by atoms with Crippen LogP contribution in [-0.2, 0) is 6.18 Å². The maximum absolute atomic E-state index is 14.0. The van der Waals surface area contributed by atoms with Crippen molar-refractivity contribution in [3.63, 3.8) is 0 Å². The van der Waals surface area contributed by atoms with Gasteiger partial charge in [-0.1, -0.05) is 13.0 Å². The molecular formula is C25H19F4N5O2S. The molecular weight excluding hydrogens is 510 g/mol. The fourth-order valence-corrected chi connectivity index (χ4v) is 4.39. The van der Waals surface area contributed by atoms with Gasteiger partial charge in [-0.2, -0.15) is 17.6 Å². The third kappa shape index (κ3) is 6.02. The molecule has 1 atom stereocenters. The van der Waals surface area contributed by atoms with Gasteiger partial charge in [0.2, 0.25) is 5.95 Å². The van der Waals surface area contributed by atoms with Crippen molar-refractivity contribution < 1.29 is 27.2 Å². The van der Waals surface area contributed by atoms with Gasteiger partial charge in [0, 0.05) is 24.2 Å². The molecule has 1 unspecified atom stereocenters. The zero-order chi connectivity index (χ0) is 26.7. The average Bonchev–Trinajstić information content (AvgIpc) is 3.36. The van der Waals surface area contributed by atoms with Crippen LogP contribution >= 0.6 is 11.3 Å². The summed E-state index contributed by atoms with van der Waals surface area (Å²) in [5, 5.41) is 2.95. The van der Waals surface area contributed by atoms with Gasteiger partial charge in [0.15, 0.2) is 5.78 Å². The van der Waals surface area contributed by atoms with Crippen molar-refractivity contribution in [1.82, 2.24) is 19.9 Å². The lowest BCUT2D eigenvalue weighted by molar-refractivity contribution is -0.138. The highest BCUT2D eigenvalue weighted by molar-refractivity contribution is 7.13. The fourth-order valence-electron chi connectivity index (χ4n) is 3.52. The molecule has 4 rings (SSSR count). The number of ketones is 1. The van der Waals surface area contributed by atoms with E-state index in [9.17, 15) is 27.2 Å². The number of carbonyl (C=O) groups excluding carboxylic acids is 2. The minimum atomic E-state index is -4.54. The number of aromatic nitrogens is 4. The zero-order valence-electron chi connectivity index (χ0n) is 19.5. The molecule has 190 valence electrons. The normalized spacial score (nSPS) is 12.3. The molecule has 0 aliphatic carbocycles. The first kappa shape index (κ1) is 26.0. The number of hydrogen-bond acceptors (Lipinski definition) is 7. The van der Waals surface area contributed by atoms with Crippen LogP contribution in [0.2, 0.25) is 0 Å². The summed E-state index contributed by atoms with van der Waals surface area (Å²) in [5.41, 5.74) is -0.333. The van der Waals surface area contributed by atoms with Gasteiger partial charge in [-0.25, -0.2) is 19.9 Å². The Balaban J connectivity index is 1.44. The maximum Gasteiger partial charge on any atom is 0.416 e. The molecule has 4 aromatic rings. The van der Waals surface area contributed by atoms with Gasteiger partial charge >= 0.3 is 6.18 Å². The van der Waals surface area contributed by atoms with Crippen molar-refractivity contribution in [3.8, 4) is 11.3 Å². The molecule has 0 saturated carbocycles. The Bertz CT molecular complexity index is 1470. The smallest absolute Gasteiger partial charge is 0.321 e. The topological polar surface area (TPSA) is 97.7 Å². The molecule has 0 fully saturated rings. The summed E-state index contributed by atoms with van der Waals surface area (Å²) < 4.78 is 53.5. The Labute approximate surface area is 212 Å². The van der Waals surface area contributed by atoms with Crippen LogP contribution in [0.15, 0.2) is 55.1 Å². The Kier molecular flexibility index (Phi) is 7.39. The van der Waals surface area contributed by atoms with E-state index in [0.717, 1.165) is 17.4 Å². The number of Topliss-reactive ketones (excluding diaryl/α,β-unsaturated/α-hetero) is 1. The molecule has 1 amide bonds. The van der Waals surface area contributed by atoms with Crippen molar-refractivity contribution in [2.24, 2.45) is 0 Å². The standard InChI is InChI=1S/C25H19F4N5O2S/c1-13-5-6-15(9-17(13)25(27,28)29)34-23(36)21-11-31-24(37-21)14(2)8-20(35)19-10-18(32-12-33-19)16-4-3-7-30-22(16)26/h3-7,9-12,14H,8H2,1-2H3,(H,34,36). The third-order valence-corrected chi connectivity index (χ3v) is 6.68. The van der Waals surface area contributed by atoms with Crippen molar-refractivity contribution in [2.45, 2.75) is 32.4 Å². The average molecular weight is 530 g/mol. The molecule has 3 heterocycles. The number of halogens is 4. The predicted octanol–water partition coefficient (Wildman–Crippen LogP) is 6.09. The van der Waals surface area contributed by atoms with E-state index in [1.807, 2.05) is 0 Å². The van der Waals surface area contributed by atoms with Crippen LogP contribution in [0.5, 0.6) is 0 Å². The van der Waals surface area contributed by atoms with Gasteiger partial charge in [0.1, 0.15) is 16.9 Å². The minimum absolute atomic E-state index is 0.00530. The van der Waals surface area contributed by atoms with Crippen LogP contribution in [0.3, 0.4) is 0 Å². The van der Waals surface area contributed by atoms with Crippen molar-refractivity contribution >= 4 is 28.7 Å². The molecule has 0 saturated heterocycles. The van der Waals surface area contributed by atoms with E-state index in [0.29, 0.717) is 5.01 Å². The first-order valence-corrected chi connectivity index (χ1v) is 11.8. The summed E-state index contributed by atoms with van der Waals surface area (Å²) in [7, 11) is 0. The molecule has 0 aliphatic rings. The first-order chi connectivity index (χ1) is 17.5. The van der Waals surface area contributed by atoms with E-state index in [1.165, 1.54) is 49.9 Å². The number of rotatable bonds is 7. The van der Waals surface area contributed by atoms with Crippen LogP contribution < -0.4 is 5.32 Å². The molecule has 0 radical (unpaired) electrons. The van der Waals surface area contributed by atoms with Crippen molar-refractivity contribution in [3.05, 3.63) is 87.8 Å². The Morgan fingerprint density at radius 1 is 1.08 bits per heavy atom. The van der Waals surface area contributed by atoms with Crippen LogP contribution in [0, 0.1) is 12.9 Å². The van der Waals surface area contributed by atoms with Gasteiger partial charge in [-0.3, -0.25) is 9.59 Å². The molecule has 1 aromatic carbocycles. The van der Waals surface area contributed by atoms with E-state index in [4.69, 9.17) is 0 Å². The van der Waals surface area contributed by atoms with Gasteiger partial charge in [0.25, 0.3) is 5.91 Å². The highest BCUT2D eigenvalue weighted by Gasteiger charge is 2.32. The summed E-state index contributed by atoms with van der Waals surface area (Å²) in [6.45, 7) is 3.09. The van der Waals surface area contributed by atoms with Crippen LogP contribution in [0.4, 0.5) is 23.2 Å². The molecule has 7 nitrogen and oxygen atoms in total. The second kappa shape index (κ2) is 10.5. The summed E-state index contributed by atoms with van der Waals surface area (Å²) >= 11 is 1.03. The van der Waals surface area contributed by atoms with Gasteiger partial charge in [-0.15, -0.1) is 11.3 Å². The molecule has 0 spiro atoms. The van der Waals surface area contributed by atoms with Gasteiger partial charge < -0.3 is 5.32 Å². The fraction of sp³-hybridized carbons (Fsp3) is 0.200. The van der Waals surface area contributed by atoms with E-state index in [-0.39, 0.29) is 51.2 Å². The first-order valence-electron chi connectivity index (χ1n) is 10.9. The lowest BCUT2D eigenvalue weighted by atomic mass is 10.0. The number of nitrogens with zero attached hydrogens (tertiary/aromatic N) is 4. The molecule has 12 heteroatoms. The number of benzene rings is 1. The number of hydrogen-bond donors (Lipinski definition) is 1. The van der Waals surface area contributed by atoms with E-state index < -0.39 is 23.6 Å². The second-order valence-corrected chi connectivity index (χ2v) is 9.27. The highest BCUT2D eigenvalue weighted by atomic mass is 32.1. The lowest BCUT2D eigenvalue weighted by Gasteiger charge is -2.12. The molecule has 37 heavy (non-hydrogen) atoms. The monoisotopic (exact) mass is 529 g/mol. The Morgan fingerprint density at radius 2 is 1.86 bits per heavy atom. The van der Waals surface area contributed by atoms with Crippen molar-refractivity contribution in [1.29, 1.82) is 0 Å². The Morgan fingerprint density at radius 3 is 2.59 bits per heavy atom. The lowest BCUT2D eigenvalue weighted by Crippen LogP contribution is -2.13. The predicted molar refractivity (Wildman–Crippen MR) is 129 cm³/mol. The van der Waals surface area contributed by atoms with E-state index in [1.54, 1.807) is 13.0 Å². The number of anilines is 1. The number of carbonyl (C=O) groups is 2. The molecule has 0 bridgehead atoms. The number of aryl methyl sites for hydroxylation is 1. The summed E-state index contributed by atoms with van der Waals surface area (Å²) in [4.78, 5) is 41.4. The number of thiazole rings is 1. The highest BCUT2D eigenvalue weighted by Crippen LogP contribution is 2.34. The van der Waals surface area contributed by atoms with Crippen LogP contribution in [0.25, 0.3) is 11.3 Å². The zero-order valence-corrected chi connectivity index (χ0v) is 20.3. The van der Waals surface area contributed by atoms with E-state index in [2.05, 4.69) is 25.3 Å². The number of alkyl halides is 3. The SMILES string of the molecule is Cc1ccc(NC(=O)c2cnc(C(C)CC(=O)c3cc(-c4cccnc4F)ncn3)s2)cc1C(F)(F)F. The summed E-state index contributed by atoms with van der Waals surface area (Å²) in [5.74, 6) is -2.05. The van der Waals surface area contributed by atoms with Crippen molar-refractivity contribution in [2.75, 3.05) is 5.32 Å². The minimum Gasteiger partial charge on any atom is -0.321 e. The van der Waals surface area contributed by atoms with E-state index >= 15 is 0 Å². The van der Waals surface area contributed by atoms with Crippen LogP contribution in [0.1, 0.15) is 55.6 Å².